The fraction of sp³-hybridized carbons (Fsp3) is 0.156. The van der Waals surface area contributed by atoms with Crippen molar-refractivity contribution in [3.05, 3.63) is 116 Å². The second kappa shape index (κ2) is 13.9. The van der Waals surface area contributed by atoms with Gasteiger partial charge in [-0.3, -0.25) is 9.69 Å². The zero-order valence-corrected chi connectivity index (χ0v) is 26.0. The van der Waals surface area contributed by atoms with E-state index in [9.17, 15) is 4.79 Å². The molecule has 1 aromatic heterocycles. The molecule has 0 spiro atoms. The van der Waals surface area contributed by atoms with Crippen molar-refractivity contribution in [1.82, 2.24) is 4.90 Å². The number of benzene rings is 3. The Bertz CT molecular complexity index is 1690. The maximum absolute atomic E-state index is 13.4. The molecule has 0 saturated carbocycles. The molecule has 1 saturated heterocycles. The summed E-state index contributed by atoms with van der Waals surface area (Å²) in [5, 5.41) is 10.2. The summed E-state index contributed by atoms with van der Waals surface area (Å²) in [6.07, 6.45) is 5.02. The number of furan rings is 1. The molecule has 1 fully saturated rings. The predicted octanol–water partition coefficient (Wildman–Crippen LogP) is 7.75. The van der Waals surface area contributed by atoms with E-state index in [4.69, 9.17) is 37.1 Å². The van der Waals surface area contributed by atoms with Crippen LogP contribution in [0, 0.1) is 0 Å². The van der Waals surface area contributed by atoms with Crippen molar-refractivity contribution < 1.29 is 18.7 Å². The summed E-state index contributed by atoms with van der Waals surface area (Å²) in [7, 11) is 5.53. The minimum atomic E-state index is -0.170. The first kappa shape index (κ1) is 30.3. The lowest BCUT2D eigenvalue weighted by molar-refractivity contribution is -0.122. The minimum Gasteiger partial charge on any atom is -0.493 e. The first-order valence-corrected chi connectivity index (χ1v) is 14.7. The molecule has 0 N–H and O–H groups in total. The van der Waals surface area contributed by atoms with Crippen LogP contribution in [0.4, 0.5) is 5.69 Å². The van der Waals surface area contributed by atoms with Gasteiger partial charge in [0.15, 0.2) is 16.7 Å². The van der Waals surface area contributed by atoms with Crippen molar-refractivity contribution in [3.63, 3.8) is 0 Å². The van der Waals surface area contributed by atoms with Gasteiger partial charge in [-0.15, -0.1) is 5.10 Å². The van der Waals surface area contributed by atoms with E-state index in [1.807, 2.05) is 67.5 Å². The van der Waals surface area contributed by atoms with E-state index in [0.717, 1.165) is 22.4 Å². The molecule has 11 heteroatoms. The smallest absolute Gasteiger partial charge is 0.267 e. The third kappa shape index (κ3) is 7.62. The average Bonchev–Trinajstić information content (AvgIpc) is 3.61. The van der Waals surface area contributed by atoms with Gasteiger partial charge < -0.3 is 18.8 Å². The van der Waals surface area contributed by atoms with Crippen LogP contribution in [0.2, 0.25) is 10.0 Å². The third-order valence-electron chi connectivity index (χ3n) is 6.43. The van der Waals surface area contributed by atoms with Gasteiger partial charge in [0.25, 0.3) is 5.91 Å². The van der Waals surface area contributed by atoms with E-state index in [2.05, 4.69) is 10.2 Å². The maximum Gasteiger partial charge on any atom is 0.267 e. The lowest BCUT2D eigenvalue weighted by atomic mass is 10.2. The Labute approximate surface area is 264 Å². The topological polar surface area (TPSA) is 79.9 Å². The standard InChI is InChI=1S/C32H28Cl2N4O4S/c1-37(2)25-11-6-21(7-12-25)16-30-31(39)38(19-26-5-4-14-41-26)32(43-30)36-35-18-22-8-13-28(29(15-22)40-3)42-20-23-9-10-24(33)17-27(23)34/h4-18H,19-20H2,1-3H3/b30-16-,35-18-,36-32+. The quantitative estimate of drug-likeness (QED) is 0.101. The number of amides is 1. The van der Waals surface area contributed by atoms with Crippen LogP contribution in [0.5, 0.6) is 11.5 Å². The van der Waals surface area contributed by atoms with Crippen LogP contribution in [0.3, 0.4) is 0 Å². The van der Waals surface area contributed by atoms with Crippen LogP contribution in [-0.2, 0) is 17.9 Å². The molecule has 1 aliphatic heterocycles. The van der Waals surface area contributed by atoms with Crippen LogP contribution in [0.1, 0.15) is 22.5 Å². The summed E-state index contributed by atoms with van der Waals surface area (Å²) in [4.78, 5) is 17.5. The number of hydrogen-bond acceptors (Lipinski definition) is 8. The van der Waals surface area contributed by atoms with Crippen LogP contribution in [0.25, 0.3) is 6.08 Å². The van der Waals surface area contributed by atoms with E-state index in [1.54, 1.807) is 54.8 Å². The van der Waals surface area contributed by atoms with Crippen molar-refractivity contribution in [2.75, 3.05) is 26.1 Å². The molecular weight excluding hydrogens is 607 g/mol. The average molecular weight is 636 g/mol. The highest BCUT2D eigenvalue weighted by Crippen LogP contribution is 2.34. The number of carbonyl (C=O) groups is 1. The molecule has 4 aromatic rings. The molecule has 43 heavy (non-hydrogen) atoms. The van der Waals surface area contributed by atoms with Gasteiger partial charge in [0.05, 0.1) is 31.0 Å². The monoisotopic (exact) mass is 634 g/mol. The highest BCUT2D eigenvalue weighted by atomic mass is 35.5. The Kier molecular flexibility index (Phi) is 9.76. The summed E-state index contributed by atoms with van der Waals surface area (Å²) in [6.45, 7) is 0.488. The van der Waals surface area contributed by atoms with Gasteiger partial charge in [0, 0.05) is 35.4 Å². The fourth-order valence-corrected chi connectivity index (χ4v) is 5.52. The summed E-state index contributed by atoms with van der Waals surface area (Å²) < 4.78 is 17.0. The molecule has 0 atom stereocenters. The van der Waals surface area contributed by atoms with E-state index in [-0.39, 0.29) is 19.1 Å². The van der Waals surface area contributed by atoms with E-state index in [1.165, 1.54) is 11.8 Å². The van der Waals surface area contributed by atoms with Crippen molar-refractivity contribution in [1.29, 1.82) is 0 Å². The van der Waals surface area contributed by atoms with Crippen LogP contribution in [-0.4, -0.2) is 43.4 Å². The molecular formula is C32H28Cl2N4O4S. The Morgan fingerprint density at radius 1 is 1.00 bits per heavy atom. The molecule has 1 aliphatic rings. The highest BCUT2D eigenvalue weighted by Gasteiger charge is 2.34. The number of halogens is 2. The third-order valence-corrected chi connectivity index (χ3v) is 8.01. The summed E-state index contributed by atoms with van der Waals surface area (Å²) in [5.74, 6) is 1.54. The Morgan fingerprint density at radius 2 is 1.79 bits per heavy atom. The largest absolute Gasteiger partial charge is 0.493 e. The van der Waals surface area contributed by atoms with Crippen molar-refractivity contribution >= 4 is 64.0 Å². The minimum absolute atomic E-state index is 0.170. The number of thioether (sulfide) groups is 1. The van der Waals surface area contributed by atoms with E-state index in [0.29, 0.717) is 37.4 Å². The van der Waals surface area contributed by atoms with Crippen molar-refractivity contribution in [3.8, 4) is 11.5 Å². The second-order valence-electron chi connectivity index (χ2n) is 9.63. The number of rotatable bonds is 10. The van der Waals surface area contributed by atoms with Gasteiger partial charge in [-0.2, -0.15) is 5.10 Å². The van der Waals surface area contributed by atoms with E-state index < -0.39 is 0 Å². The molecule has 0 unspecified atom stereocenters. The molecule has 0 radical (unpaired) electrons. The zero-order valence-electron chi connectivity index (χ0n) is 23.7. The molecule has 5 rings (SSSR count). The lowest BCUT2D eigenvalue weighted by Gasteiger charge is -2.13. The predicted molar refractivity (Wildman–Crippen MR) is 174 cm³/mol. The zero-order chi connectivity index (χ0) is 30.3. The molecule has 220 valence electrons. The number of ether oxygens (including phenoxy) is 2. The fourth-order valence-electron chi connectivity index (χ4n) is 4.12. The summed E-state index contributed by atoms with van der Waals surface area (Å²) >= 11 is 13.5. The van der Waals surface area contributed by atoms with Crippen LogP contribution in [0.15, 0.2) is 98.6 Å². The molecule has 1 amide bonds. The van der Waals surface area contributed by atoms with Gasteiger partial charge in [-0.25, -0.2) is 0 Å². The van der Waals surface area contributed by atoms with Gasteiger partial charge in [0.2, 0.25) is 0 Å². The van der Waals surface area contributed by atoms with Gasteiger partial charge in [0.1, 0.15) is 12.4 Å². The number of nitrogens with zero attached hydrogens (tertiary/aromatic N) is 4. The number of hydrogen-bond donors (Lipinski definition) is 0. The number of anilines is 1. The van der Waals surface area contributed by atoms with Crippen molar-refractivity contribution in [2.24, 2.45) is 10.2 Å². The Morgan fingerprint density at radius 3 is 2.49 bits per heavy atom. The maximum atomic E-state index is 13.4. The Hall–Kier alpha value is -4.18. The summed E-state index contributed by atoms with van der Waals surface area (Å²) in [5.41, 5.74) is 3.53. The molecule has 8 nitrogen and oxygen atoms in total. The number of methoxy groups -OCH3 is 1. The first-order chi connectivity index (χ1) is 20.8. The van der Waals surface area contributed by atoms with Crippen LogP contribution >= 0.6 is 35.0 Å². The number of amidine groups is 1. The number of carbonyl (C=O) groups excluding carboxylic acids is 1. The Balaban J connectivity index is 1.33. The van der Waals surface area contributed by atoms with Gasteiger partial charge in [-0.05, 0) is 83.6 Å². The lowest BCUT2D eigenvalue weighted by Crippen LogP contribution is -2.28. The van der Waals surface area contributed by atoms with E-state index >= 15 is 0 Å². The summed E-state index contributed by atoms with van der Waals surface area (Å²) in [6, 6.07) is 22.2. The molecule has 0 bridgehead atoms. The SMILES string of the molecule is COc1cc(/C=N\N=C2\S/C(=C\c3ccc(N(C)C)cc3)C(=O)N2Cc2ccco2)ccc1OCc1ccc(Cl)cc1Cl. The van der Waals surface area contributed by atoms with Crippen LogP contribution < -0.4 is 14.4 Å². The van der Waals surface area contributed by atoms with Crippen molar-refractivity contribution in [2.45, 2.75) is 13.2 Å². The molecule has 0 aliphatic carbocycles. The first-order valence-electron chi connectivity index (χ1n) is 13.2. The molecule has 2 heterocycles. The highest BCUT2D eigenvalue weighted by molar-refractivity contribution is 8.18. The van der Waals surface area contributed by atoms with Gasteiger partial charge in [-0.1, -0.05) is 41.4 Å². The van der Waals surface area contributed by atoms with Gasteiger partial charge >= 0.3 is 0 Å². The normalized spacial score (nSPS) is 15.2. The molecule has 3 aromatic carbocycles. The second-order valence-corrected chi connectivity index (χ2v) is 11.5.